The van der Waals surface area contributed by atoms with Crippen molar-refractivity contribution < 1.29 is 0 Å². The fourth-order valence-corrected chi connectivity index (χ4v) is 1.56. The first-order valence-electron chi connectivity index (χ1n) is 4.77. The molecule has 0 radical (unpaired) electrons. The fourth-order valence-electron chi connectivity index (χ4n) is 1.56. The van der Waals surface area contributed by atoms with Crippen molar-refractivity contribution in [3.8, 4) is 0 Å². The highest BCUT2D eigenvalue weighted by atomic mass is 15.3. The molecule has 1 N–H and O–H groups in total. The first-order chi connectivity index (χ1) is 6.77. The first kappa shape index (κ1) is 8.99. The smallest absolute Gasteiger partial charge is 0.133 e. The third-order valence-corrected chi connectivity index (χ3v) is 2.71. The van der Waals surface area contributed by atoms with Gasteiger partial charge >= 0.3 is 0 Å². The van der Waals surface area contributed by atoms with Crippen molar-refractivity contribution in [2.24, 2.45) is 0 Å². The van der Waals surface area contributed by atoms with Crippen LogP contribution in [-0.2, 0) is 5.54 Å². The number of imidazole rings is 1. The summed E-state index contributed by atoms with van der Waals surface area (Å²) in [7, 11) is 0. The van der Waals surface area contributed by atoms with E-state index in [1.54, 1.807) is 12.4 Å². The van der Waals surface area contributed by atoms with E-state index < -0.39 is 0 Å². The van der Waals surface area contributed by atoms with Crippen molar-refractivity contribution in [3.63, 3.8) is 0 Å². The van der Waals surface area contributed by atoms with Crippen molar-refractivity contribution >= 4 is 0 Å². The molecule has 1 atom stereocenters. The van der Waals surface area contributed by atoms with E-state index in [0.29, 0.717) is 0 Å². The lowest BCUT2D eigenvalue weighted by molar-refractivity contribution is 0.324. The van der Waals surface area contributed by atoms with Crippen LogP contribution in [0.15, 0.2) is 30.9 Å². The van der Waals surface area contributed by atoms with Gasteiger partial charge in [-0.05, 0) is 19.4 Å². The minimum atomic E-state index is -0.174. The van der Waals surface area contributed by atoms with Crippen molar-refractivity contribution in [2.75, 3.05) is 0 Å². The van der Waals surface area contributed by atoms with E-state index in [2.05, 4.69) is 28.9 Å². The van der Waals surface area contributed by atoms with Crippen molar-refractivity contribution in [1.82, 2.24) is 19.7 Å². The third kappa shape index (κ3) is 1.23. The Hall–Kier alpha value is -1.58. The number of nitrogens with zero attached hydrogens (tertiary/aromatic N) is 3. The SMILES string of the molecule is CCC(C)(c1ncc[nH]1)n1cccn1. The zero-order valence-electron chi connectivity index (χ0n) is 8.44. The Labute approximate surface area is 83.0 Å². The molecular weight excluding hydrogens is 176 g/mol. The topological polar surface area (TPSA) is 46.5 Å². The van der Waals surface area contributed by atoms with Gasteiger partial charge in [-0.25, -0.2) is 4.98 Å². The molecule has 0 bridgehead atoms. The van der Waals surface area contributed by atoms with Crippen molar-refractivity contribution in [1.29, 1.82) is 0 Å². The predicted molar refractivity (Wildman–Crippen MR) is 53.9 cm³/mol. The molecule has 0 saturated heterocycles. The Morgan fingerprint density at radius 2 is 2.36 bits per heavy atom. The third-order valence-electron chi connectivity index (χ3n) is 2.71. The number of nitrogens with one attached hydrogen (secondary N) is 1. The highest BCUT2D eigenvalue weighted by molar-refractivity contribution is 5.06. The Morgan fingerprint density at radius 1 is 1.50 bits per heavy atom. The van der Waals surface area contributed by atoms with Crippen LogP contribution in [0.3, 0.4) is 0 Å². The molecule has 1 unspecified atom stereocenters. The second kappa shape index (κ2) is 3.29. The van der Waals surface area contributed by atoms with Gasteiger partial charge in [0.15, 0.2) is 0 Å². The van der Waals surface area contributed by atoms with E-state index in [1.807, 2.05) is 23.1 Å². The molecule has 0 aliphatic heterocycles. The Morgan fingerprint density at radius 3 is 2.86 bits per heavy atom. The lowest BCUT2D eigenvalue weighted by atomic mass is 9.98. The van der Waals surface area contributed by atoms with Crippen LogP contribution in [-0.4, -0.2) is 19.7 Å². The molecule has 2 aromatic rings. The van der Waals surface area contributed by atoms with Crippen LogP contribution in [0, 0.1) is 0 Å². The van der Waals surface area contributed by atoms with Crippen LogP contribution >= 0.6 is 0 Å². The van der Waals surface area contributed by atoms with Crippen molar-refractivity contribution in [2.45, 2.75) is 25.8 Å². The van der Waals surface area contributed by atoms with E-state index >= 15 is 0 Å². The molecule has 0 aromatic carbocycles. The van der Waals surface area contributed by atoms with Gasteiger partial charge in [0.2, 0.25) is 0 Å². The summed E-state index contributed by atoms with van der Waals surface area (Å²) in [6.07, 6.45) is 8.31. The average Bonchev–Trinajstić information content (AvgIpc) is 2.88. The molecule has 4 nitrogen and oxygen atoms in total. The highest BCUT2D eigenvalue weighted by Gasteiger charge is 2.29. The molecule has 14 heavy (non-hydrogen) atoms. The van der Waals surface area contributed by atoms with Gasteiger partial charge in [0.1, 0.15) is 11.4 Å². The summed E-state index contributed by atoms with van der Waals surface area (Å²) >= 11 is 0. The molecule has 0 amide bonds. The van der Waals surface area contributed by atoms with Gasteiger partial charge in [-0.1, -0.05) is 6.92 Å². The summed E-state index contributed by atoms with van der Waals surface area (Å²) in [6.45, 7) is 4.25. The van der Waals surface area contributed by atoms with E-state index in [9.17, 15) is 0 Å². The molecule has 2 rings (SSSR count). The average molecular weight is 190 g/mol. The van der Waals surface area contributed by atoms with Gasteiger partial charge in [-0.15, -0.1) is 0 Å². The minimum Gasteiger partial charge on any atom is -0.347 e. The standard InChI is InChI=1S/C10H14N4/c1-3-10(2,9-11-6-7-12-9)14-8-4-5-13-14/h4-8H,3H2,1-2H3,(H,11,12). The van der Waals surface area contributed by atoms with Gasteiger partial charge in [-0.3, -0.25) is 4.68 Å². The maximum Gasteiger partial charge on any atom is 0.133 e. The summed E-state index contributed by atoms with van der Waals surface area (Å²) in [6, 6.07) is 1.93. The number of rotatable bonds is 3. The number of H-pyrrole nitrogens is 1. The minimum absolute atomic E-state index is 0.174. The zero-order valence-corrected chi connectivity index (χ0v) is 8.44. The summed E-state index contributed by atoms with van der Waals surface area (Å²) in [5.41, 5.74) is -0.174. The maximum absolute atomic E-state index is 4.30. The van der Waals surface area contributed by atoms with E-state index in [4.69, 9.17) is 0 Å². The van der Waals surface area contributed by atoms with Crippen LogP contribution in [0.5, 0.6) is 0 Å². The molecule has 0 aliphatic rings. The second-order valence-corrected chi connectivity index (χ2v) is 3.52. The Bertz CT molecular complexity index is 340. The summed E-state index contributed by atoms with van der Waals surface area (Å²) < 4.78 is 1.94. The van der Waals surface area contributed by atoms with Gasteiger partial charge < -0.3 is 4.98 Å². The summed E-state index contributed by atoms with van der Waals surface area (Å²) in [4.78, 5) is 7.44. The number of hydrogen-bond acceptors (Lipinski definition) is 2. The zero-order chi connectivity index (χ0) is 10.0. The predicted octanol–water partition coefficient (Wildman–Crippen LogP) is 1.78. The van der Waals surface area contributed by atoms with Gasteiger partial charge in [0, 0.05) is 24.8 Å². The fraction of sp³-hybridized carbons (Fsp3) is 0.400. The molecule has 0 fully saturated rings. The summed E-state index contributed by atoms with van der Waals surface area (Å²) in [5.74, 6) is 0.948. The monoisotopic (exact) mass is 190 g/mol. The highest BCUT2D eigenvalue weighted by Crippen LogP contribution is 2.25. The molecule has 0 saturated carbocycles. The van der Waals surface area contributed by atoms with Crippen molar-refractivity contribution in [3.05, 3.63) is 36.7 Å². The Kier molecular flexibility index (Phi) is 2.11. The molecule has 4 heteroatoms. The van der Waals surface area contributed by atoms with E-state index in [1.165, 1.54) is 0 Å². The maximum atomic E-state index is 4.30. The lowest BCUT2D eigenvalue weighted by Crippen LogP contribution is -2.32. The van der Waals surface area contributed by atoms with Gasteiger partial charge in [0.25, 0.3) is 0 Å². The number of aromatic nitrogens is 4. The summed E-state index contributed by atoms with van der Waals surface area (Å²) in [5, 5.41) is 4.27. The van der Waals surface area contributed by atoms with Gasteiger partial charge in [0.05, 0.1) is 0 Å². The molecule has 2 heterocycles. The molecule has 0 aliphatic carbocycles. The quantitative estimate of drug-likeness (QED) is 0.801. The molecular formula is C10H14N4. The first-order valence-corrected chi connectivity index (χ1v) is 4.77. The van der Waals surface area contributed by atoms with E-state index in [-0.39, 0.29) is 5.54 Å². The van der Waals surface area contributed by atoms with Gasteiger partial charge in [-0.2, -0.15) is 5.10 Å². The van der Waals surface area contributed by atoms with Crippen LogP contribution in [0.1, 0.15) is 26.1 Å². The lowest BCUT2D eigenvalue weighted by Gasteiger charge is -2.26. The second-order valence-electron chi connectivity index (χ2n) is 3.52. The van der Waals surface area contributed by atoms with Crippen LogP contribution in [0.4, 0.5) is 0 Å². The largest absolute Gasteiger partial charge is 0.347 e. The van der Waals surface area contributed by atoms with Crippen LogP contribution in [0.2, 0.25) is 0 Å². The molecule has 74 valence electrons. The number of aromatic amines is 1. The normalized spacial score (nSPS) is 15.3. The molecule has 0 spiro atoms. The number of hydrogen-bond donors (Lipinski definition) is 1. The van der Waals surface area contributed by atoms with Crippen LogP contribution < -0.4 is 0 Å². The Balaban J connectivity index is 2.45. The van der Waals surface area contributed by atoms with E-state index in [0.717, 1.165) is 12.2 Å². The molecule has 2 aromatic heterocycles. The van der Waals surface area contributed by atoms with Crippen LogP contribution in [0.25, 0.3) is 0 Å².